The highest BCUT2D eigenvalue weighted by Gasteiger charge is 2.19. The first-order valence-corrected chi connectivity index (χ1v) is 8.57. The Balaban J connectivity index is 2.40. The van der Waals surface area contributed by atoms with E-state index in [9.17, 15) is 9.90 Å². The average molecular weight is 399 g/mol. The summed E-state index contributed by atoms with van der Waals surface area (Å²) in [6.07, 6.45) is 0. The van der Waals surface area contributed by atoms with E-state index in [0.29, 0.717) is 50.8 Å². The van der Waals surface area contributed by atoms with Crippen molar-refractivity contribution in [3.8, 4) is 39.9 Å². The van der Waals surface area contributed by atoms with Crippen LogP contribution in [-0.2, 0) is 0 Å². The molecule has 1 N–H and O–H groups in total. The van der Waals surface area contributed by atoms with Crippen LogP contribution in [0.2, 0.25) is 0 Å². The van der Waals surface area contributed by atoms with E-state index >= 15 is 0 Å². The number of pyridine rings is 1. The van der Waals surface area contributed by atoms with E-state index in [1.54, 1.807) is 24.3 Å². The fraction of sp³-hybridized carbons (Fsp3) is 0.238. The number of hydrogen-bond acceptors (Lipinski definition) is 7. The van der Waals surface area contributed by atoms with Crippen LogP contribution < -0.4 is 23.7 Å². The summed E-state index contributed by atoms with van der Waals surface area (Å²) < 4.78 is 27.0. The van der Waals surface area contributed by atoms with E-state index in [4.69, 9.17) is 23.7 Å². The van der Waals surface area contributed by atoms with Crippen LogP contribution in [-0.4, -0.2) is 51.6 Å². The number of carboxylic acids is 1. The lowest BCUT2D eigenvalue weighted by atomic mass is 9.98. The highest BCUT2D eigenvalue weighted by atomic mass is 16.5. The topological polar surface area (TPSA) is 96.3 Å². The normalized spacial score (nSPS) is 10.5. The van der Waals surface area contributed by atoms with Crippen molar-refractivity contribution in [2.45, 2.75) is 0 Å². The second-order valence-corrected chi connectivity index (χ2v) is 6.00. The number of ether oxygens (including phenoxy) is 5. The van der Waals surface area contributed by atoms with E-state index in [0.717, 1.165) is 0 Å². The fourth-order valence-electron chi connectivity index (χ4n) is 3.14. The van der Waals surface area contributed by atoms with Crippen molar-refractivity contribution in [2.75, 3.05) is 35.5 Å². The number of methoxy groups -OCH3 is 5. The molecule has 8 heteroatoms. The number of benzene rings is 2. The zero-order valence-corrected chi connectivity index (χ0v) is 16.7. The zero-order valence-electron chi connectivity index (χ0n) is 16.7. The van der Waals surface area contributed by atoms with Gasteiger partial charge in [-0.05, 0) is 35.4 Å². The summed E-state index contributed by atoms with van der Waals surface area (Å²) in [4.78, 5) is 15.9. The molecule has 29 heavy (non-hydrogen) atoms. The van der Waals surface area contributed by atoms with Gasteiger partial charge in [0, 0.05) is 11.5 Å². The Morgan fingerprint density at radius 1 is 0.759 bits per heavy atom. The number of carboxylic acid groups (broad SMARTS) is 1. The molecular weight excluding hydrogens is 378 g/mol. The van der Waals surface area contributed by atoms with Crippen LogP contribution in [0.3, 0.4) is 0 Å². The average Bonchev–Trinajstić information content (AvgIpc) is 2.75. The molecule has 0 amide bonds. The highest BCUT2D eigenvalue weighted by molar-refractivity contribution is 6.01. The van der Waals surface area contributed by atoms with Crippen LogP contribution in [0.4, 0.5) is 0 Å². The second kappa shape index (κ2) is 8.14. The van der Waals surface area contributed by atoms with E-state index in [1.807, 2.05) is 0 Å². The minimum Gasteiger partial charge on any atom is -0.493 e. The number of carbonyl (C=O) groups is 1. The molecule has 0 saturated heterocycles. The van der Waals surface area contributed by atoms with Gasteiger partial charge in [-0.1, -0.05) is 0 Å². The van der Waals surface area contributed by atoms with E-state index in [-0.39, 0.29) is 5.69 Å². The number of fused-ring (bicyclic) bond motifs is 1. The Kier molecular flexibility index (Phi) is 5.63. The molecule has 1 heterocycles. The van der Waals surface area contributed by atoms with Crippen LogP contribution in [0.5, 0.6) is 28.7 Å². The molecule has 0 aliphatic carbocycles. The first kappa shape index (κ1) is 20.1. The molecule has 2 aromatic carbocycles. The Morgan fingerprint density at radius 2 is 1.31 bits per heavy atom. The van der Waals surface area contributed by atoms with Gasteiger partial charge in [0.15, 0.2) is 23.0 Å². The lowest BCUT2D eigenvalue weighted by Gasteiger charge is -2.16. The van der Waals surface area contributed by atoms with Crippen molar-refractivity contribution in [3.63, 3.8) is 0 Å². The summed E-state index contributed by atoms with van der Waals surface area (Å²) >= 11 is 0. The third kappa shape index (κ3) is 3.56. The summed E-state index contributed by atoms with van der Waals surface area (Å²) in [6, 6.07) is 8.39. The summed E-state index contributed by atoms with van der Waals surface area (Å²) in [5.74, 6) is 1.14. The van der Waals surface area contributed by atoms with Gasteiger partial charge in [-0.15, -0.1) is 0 Å². The number of aromatic carboxylic acids is 1. The van der Waals surface area contributed by atoms with Crippen LogP contribution in [0.25, 0.3) is 22.0 Å². The molecule has 152 valence electrons. The molecule has 0 aliphatic rings. The maximum absolute atomic E-state index is 11.7. The van der Waals surface area contributed by atoms with Crippen LogP contribution in [0.15, 0.2) is 30.3 Å². The minimum absolute atomic E-state index is 0.103. The van der Waals surface area contributed by atoms with Gasteiger partial charge in [0.1, 0.15) is 5.69 Å². The number of aromatic nitrogens is 1. The SMILES string of the molecule is COc1cc2nc(C(=O)O)cc(-c3cc(OC)c(OC)c(OC)c3)c2cc1OC. The molecule has 3 rings (SSSR count). The first-order chi connectivity index (χ1) is 14.0. The molecule has 0 unspecified atom stereocenters. The van der Waals surface area contributed by atoms with Crippen molar-refractivity contribution >= 4 is 16.9 Å². The molecule has 0 aliphatic heterocycles. The van der Waals surface area contributed by atoms with Gasteiger partial charge in [0.05, 0.1) is 41.1 Å². The molecule has 0 saturated carbocycles. The summed E-state index contributed by atoms with van der Waals surface area (Å²) in [6.45, 7) is 0. The molecule has 0 atom stereocenters. The smallest absolute Gasteiger partial charge is 0.354 e. The number of hydrogen-bond donors (Lipinski definition) is 1. The highest BCUT2D eigenvalue weighted by Crippen LogP contribution is 2.43. The predicted molar refractivity (Wildman–Crippen MR) is 107 cm³/mol. The minimum atomic E-state index is -1.14. The predicted octanol–water partition coefficient (Wildman–Crippen LogP) is 3.64. The quantitative estimate of drug-likeness (QED) is 0.643. The lowest BCUT2D eigenvalue weighted by molar-refractivity contribution is 0.0691. The Bertz CT molecular complexity index is 1050. The standard InChI is InChI=1S/C21H21NO7/c1-25-16-9-13-12(8-15(21(23)24)22-14(13)10-17(16)26-2)11-6-18(27-3)20(29-5)19(7-11)28-4/h6-10H,1-5H3,(H,23,24). The van der Waals surface area contributed by atoms with Crippen LogP contribution >= 0.6 is 0 Å². The van der Waals surface area contributed by atoms with Gasteiger partial charge in [-0.25, -0.2) is 9.78 Å². The maximum atomic E-state index is 11.7. The van der Waals surface area contributed by atoms with Gasteiger partial charge in [-0.3, -0.25) is 0 Å². The fourth-order valence-corrected chi connectivity index (χ4v) is 3.14. The van der Waals surface area contributed by atoms with Gasteiger partial charge < -0.3 is 28.8 Å². The number of nitrogens with zero attached hydrogens (tertiary/aromatic N) is 1. The zero-order chi connectivity index (χ0) is 21.1. The van der Waals surface area contributed by atoms with Gasteiger partial charge in [-0.2, -0.15) is 0 Å². The lowest BCUT2D eigenvalue weighted by Crippen LogP contribution is -2.02. The Morgan fingerprint density at radius 3 is 1.79 bits per heavy atom. The number of rotatable bonds is 7. The largest absolute Gasteiger partial charge is 0.493 e. The Labute approximate surface area is 167 Å². The van der Waals surface area contributed by atoms with E-state index in [2.05, 4.69) is 4.98 Å². The van der Waals surface area contributed by atoms with Gasteiger partial charge >= 0.3 is 5.97 Å². The van der Waals surface area contributed by atoms with Gasteiger partial charge in [0.25, 0.3) is 0 Å². The molecular formula is C21H21NO7. The van der Waals surface area contributed by atoms with Crippen molar-refractivity contribution in [1.82, 2.24) is 4.98 Å². The second-order valence-electron chi connectivity index (χ2n) is 6.00. The van der Waals surface area contributed by atoms with Crippen LogP contribution in [0.1, 0.15) is 10.5 Å². The molecule has 8 nitrogen and oxygen atoms in total. The summed E-state index contributed by atoms with van der Waals surface area (Å²) in [5.41, 5.74) is 1.63. The summed E-state index contributed by atoms with van der Waals surface area (Å²) in [5, 5.41) is 10.2. The molecule has 0 spiro atoms. The molecule has 0 fully saturated rings. The molecule has 0 radical (unpaired) electrons. The monoisotopic (exact) mass is 399 g/mol. The summed E-state index contributed by atoms with van der Waals surface area (Å²) in [7, 11) is 7.58. The van der Waals surface area contributed by atoms with E-state index < -0.39 is 5.97 Å². The molecule has 3 aromatic rings. The molecule has 1 aromatic heterocycles. The van der Waals surface area contributed by atoms with Crippen molar-refractivity contribution in [1.29, 1.82) is 0 Å². The third-order valence-electron chi connectivity index (χ3n) is 4.51. The van der Waals surface area contributed by atoms with Gasteiger partial charge in [0.2, 0.25) is 5.75 Å². The van der Waals surface area contributed by atoms with Crippen molar-refractivity contribution in [2.24, 2.45) is 0 Å². The molecule has 0 bridgehead atoms. The van der Waals surface area contributed by atoms with Crippen molar-refractivity contribution in [3.05, 3.63) is 36.0 Å². The first-order valence-electron chi connectivity index (χ1n) is 8.57. The van der Waals surface area contributed by atoms with E-state index in [1.165, 1.54) is 41.6 Å². The van der Waals surface area contributed by atoms with Crippen molar-refractivity contribution < 1.29 is 33.6 Å². The van der Waals surface area contributed by atoms with Crippen LogP contribution in [0, 0.1) is 0 Å². The Hall–Kier alpha value is -3.68. The third-order valence-corrected chi connectivity index (χ3v) is 4.51. The maximum Gasteiger partial charge on any atom is 0.354 e.